The molecule has 5 heterocycles. The van der Waals surface area contributed by atoms with Crippen molar-refractivity contribution in [3.63, 3.8) is 0 Å². The maximum absolute atomic E-state index is 13.7. The van der Waals surface area contributed by atoms with Crippen molar-refractivity contribution in [2.45, 2.75) is 18.5 Å². The van der Waals surface area contributed by atoms with Gasteiger partial charge in [0.2, 0.25) is 0 Å². The highest BCUT2D eigenvalue weighted by molar-refractivity contribution is 7.13. The number of alkyl halides is 3. The van der Waals surface area contributed by atoms with Gasteiger partial charge in [0.15, 0.2) is 11.3 Å². The van der Waals surface area contributed by atoms with Crippen molar-refractivity contribution in [3.8, 4) is 10.6 Å². The zero-order valence-corrected chi connectivity index (χ0v) is 16.9. The highest BCUT2D eigenvalue weighted by Crippen LogP contribution is 2.35. The van der Waals surface area contributed by atoms with Crippen LogP contribution in [0.2, 0.25) is 0 Å². The zero-order valence-electron chi connectivity index (χ0n) is 16.1. The van der Waals surface area contributed by atoms with Crippen molar-refractivity contribution in [2.75, 3.05) is 13.1 Å². The van der Waals surface area contributed by atoms with Crippen molar-refractivity contribution in [1.29, 1.82) is 0 Å². The van der Waals surface area contributed by atoms with Crippen LogP contribution in [0.25, 0.3) is 16.2 Å². The molecule has 0 radical (unpaired) electrons. The monoisotopic (exact) mass is 443 g/mol. The summed E-state index contributed by atoms with van der Waals surface area (Å²) in [4.78, 5) is 23.3. The molecule has 1 fully saturated rings. The van der Waals surface area contributed by atoms with Crippen LogP contribution in [0.15, 0.2) is 54.2 Å². The number of fused-ring (bicyclic) bond motifs is 1. The lowest BCUT2D eigenvalue weighted by Crippen LogP contribution is -2.28. The third kappa shape index (κ3) is 3.67. The molecule has 1 amide bonds. The van der Waals surface area contributed by atoms with E-state index in [0.29, 0.717) is 35.6 Å². The van der Waals surface area contributed by atoms with Crippen LogP contribution < -0.4 is 0 Å². The second-order valence-corrected chi connectivity index (χ2v) is 8.26. The lowest BCUT2D eigenvalue weighted by molar-refractivity contribution is -0.142. The van der Waals surface area contributed by atoms with Crippen LogP contribution >= 0.6 is 11.3 Å². The number of carbonyl (C=O) groups excluding carboxylic acids is 1. The van der Waals surface area contributed by atoms with Gasteiger partial charge in [-0.05, 0) is 36.1 Å². The molecule has 10 heteroatoms. The van der Waals surface area contributed by atoms with Crippen molar-refractivity contribution >= 4 is 22.9 Å². The predicted molar refractivity (Wildman–Crippen MR) is 109 cm³/mol. The SMILES string of the molecule is O=C(c1ccncc1)N1CC[C@H](c2cc3nc(-c4cccs4)cc(C(F)(F)F)n3n2)C1. The van der Waals surface area contributed by atoms with Gasteiger partial charge >= 0.3 is 6.18 Å². The molecule has 0 aromatic carbocycles. The van der Waals surface area contributed by atoms with E-state index in [1.165, 1.54) is 11.3 Å². The molecule has 1 aliphatic heterocycles. The molecular weight excluding hydrogens is 427 g/mol. The molecule has 0 unspecified atom stereocenters. The molecule has 6 nitrogen and oxygen atoms in total. The first kappa shape index (κ1) is 19.7. The fourth-order valence-electron chi connectivity index (χ4n) is 3.81. The van der Waals surface area contributed by atoms with E-state index >= 15 is 0 Å². The minimum Gasteiger partial charge on any atom is -0.338 e. The van der Waals surface area contributed by atoms with Crippen LogP contribution in [-0.4, -0.2) is 43.5 Å². The third-order valence-corrected chi connectivity index (χ3v) is 6.22. The number of rotatable bonds is 3. The Morgan fingerprint density at radius 1 is 1.16 bits per heavy atom. The average molecular weight is 443 g/mol. The third-order valence-electron chi connectivity index (χ3n) is 5.33. The van der Waals surface area contributed by atoms with Crippen molar-refractivity contribution < 1.29 is 18.0 Å². The van der Waals surface area contributed by atoms with E-state index in [2.05, 4.69) is 15.1 Å². The van der Waals surface area contributed by atoms with Crippen LogP contribution in [0.3, 0.4) is 0 Å². The minimum absolute atomic E-state index is 0.122. The average Bonchev–Trinajstić information content (AvgIpc) is 3.52. The van der Waals surface area contributed by atoms with Crippen LogP contribution in [0.1, 0.15) is 34.1 Å². The van der Waals surface area contributed by atoms with Crippen LogP contribution in [-0.2, 0) is 6.18 Å². The van der Waals surface area contributed by atoms with E-state index in [-0.39, 0.29) is 23.2 Å². The lowest BCUT2D eigenvalue weighted by atomic mass is 10.1. The number of likely N-dealkylation sites (tertiary alicyclic amines) is 1. The van der Waals surface area contributed by atoms with Crippen LogP contribution in [0.5, 0.6) is 0 Å². The van der Waals surface area contributed by atoms with Gasteiger partial charge in [0.05, 0.1) is 16.3 Å². The molecule has 0 bridgehead atoms. The second kappa shape index (κ2) is 7.45. The molecule has 5 rings (SSSR count). The highest BCUT2D eigenvalue weighted by Gasteiger charge is 2.36. The number of nitrogens with zero attached hydrogens (tertiary/aromatic N) is 5. The Morgan fingerprint density at radius 2 is 1.97 bits per heavy atom. The molecule has 0 N–H and O–H groups in total. The molecule has 0 aliphatic carbocycles. The maximum atomic E-state index is 13.7. The Balaban J connectivity index is 1.48. The second-order valence-electron chi connectivity index (χ2n) is 7.31. The number of carbonyl (C=O) groups is 1. The van der Waals surface area contributed by atoms with Crippen molar-refractivity contribution in [3.05, 3.63) is 71.1 Å². The van der Waals surface area contributed by atoms with E-state index in [1.54, 1.807) is 53.0 Å². The van der Waals surface area contributed by atoms with Gasteiger partial charge in [0.25, 0.3) is 5.91 Å². The van der Waals surface area contributed by atoms with E-state index in [0.717, 1.165) is 10.6 Å². The molecule has 4 aromatic rings. The van der Waals surface area contributed by atoms with Gasteiger partial charge in [-0.15, -0.1) is 11.3 Å². The summed E-state index contributed by atoms with van der Waals surface area (Å²) in [7, 11) is 0. The first-order valence-electron chi connectivity index (χ1n) is 9.61. The number of hydrogen-bond donors (Lipinski definition) is 0. The summed E-state index contributed by atoms with van der Waals surface area (Å²) in [5, 5.41) is 6.03. The Morgan fingerprint density at radius 3 is 2.68 bits per heavy atom. The van der Waals surface area contributed by atoms with Gasteiger partial charge in [-0.3, -0.25) is 9.78 Å². The maximum Gasteiger partial charge on any atom is 0.433 e. The number of halogens is 3. The Kier molecular flexibility index (Phi) is 4.73. The van der Waals surface area contributed by atoms with Gasteiger partial charge in [-0.1, -0.05) is 6.07 Å². The number of pyridine rings is 1. The van der Waals surface area contributed by atoms with Gasteiger partial charge in [-0.2, -0.15) is 18.3 Å². The number of hydrogen-bond acceptors (Lipinski definition) is 5. The fourth-order valence-corrected chi connectivity index (χ4v) is 4.49. The van der Waals surface area contributed by atoms with Gasteiger partial charge in [0, 0.05) is 43.0 Å². The largest absolute Gasteiger partial charge is 0.433 e. The zero-order chi connectivity index (χ0) is 21.6. The summed E-state index contributed by atoms with van der Waals surface area (Å²) in [6, 6.07) is 9.42. The molecule has 4 aromatic heterocycles. The summed E-state index contributed by atoms with van der Waals surface area (Å²) in [6.45, 7) is 0.907. The Hall–Kier alpha value is -3.27. The highest BCUT2D eigenvalue weighted by atomic mass is 32.1. The molecule has 158 valence electrons. The quantitative estimate of drug-likeness (QED) is 0.468. The van der Waals surface area contributed by atoms with Crippen molar-refractivity contribution in [1.82, 2.24) is 24.5 Å². The van der Waals surface area contributed by atoms with Crippen LogP contribution in [0, 0.1) is 0 Å². The van der Waals surface area contributed by atoms with Crippen molar-refractivity contribution in [2.24, 2.45) is 0 Å². The number of thiophene rings is 1. The summed E-state index contributed by atoms with van der Waals surface area (Å²) in [6.07, 6.45) is -0.841. The molecule has 0 spiro atoms. The predicted octanol–water partition coefficient (Wildman–Crippen LogP) is 4.50. The number of aromatic nitrogens is 4. The molecular formula is C21H16F3N5OS. The van der Waals surface area contributed by atoms with E-state index in [4.69, 9.17) is 0 Å². The fraction of sp³-hybridized carbons (Fsp3) is 0.238. The van der Waals surface area contributed by atoms with E-state index in [1.807, 2.05) is 0 Å². The summed E-state index contributed by atoms with van der Waals surface area (Å²) in [5.41, 5.74) is 0.586. The molecule has 1 aliphatic rings. The van der Waals surface area contributed by atoms with Gasteiger partial charge in [0.1, 0.15) is 0 Å². The standard InChI is InChI=1S/C21H16F3N5OS/c22-21(23,24)18-10-16(17-2-1-9-31-17)26-19-11-15(27-29(18)19)14-5-8-28(12-14)20(30)13-3-6-25-7-4-13/h1-4,6-7,9-11,14H,5,8,12H2/t14-/m0/s1. The summed E-state index contributed by atoms with van der Waals surface area (Å²) in [5.74, 6) is -0.276. The first-order valence-corrected chi connectivity index (χ1v) is 10.5. The normalized spacial score (nSPS) is 16.9. The van der Waals surface area contributed by atoms with Crippen LogP contribution in [0.4, 0.5) is 13.2 Å². The Bertz CT molecular complexity index is 1240. The van der Waals surface area contributed by atoms with E-state index < -0.39 is 11.9 Å². The topological polar surface area (TPSA) is 63.4 Å². The number of amides is 1. The molecule has 0 saturated carbocycles. The molecule has 1 saturated heterocycles. The van der Waals surface area contributed by atoms with Gasteiger partial charge in [-0.25, -0.2) is 9.50 Å². The van der Waals surface area contributed by atoms with Gasteiger partial charge < -0.3 is 4.90 Å². The Labute approximate surface area is 179 Å². The minimum atomic E-state index is -4.57. The molecule has 1 atom stereocenters. The molecule has 31 heavy (non-hydrogen) atoms. The van der Waals surface area contributed by atoms with E-state index in [9.17, 15) is 18.0 Å². The summed E-state index contributed by atoms with van der Waals surface area (Å²) < 4.78 is 42.1. The summed E-state index contributed by atoms with van der Waals surface area (Å²) >= 11 is 1.33. The first-order chi connectivity index (χ1) is 14.9. The lowest BCUT2D eigenvalue weighted by Gasteiger charge is -2.15. The smallest absolute Gasteiger partial charge is 0.338 e.